The Balaban J connectivity index is 2.31. The number of carbonyl (C=O) groups excluding carboxylic acids is 1. The molecule has 0 aromatic carbocycles. The summed E-state index contributed by atoms with van der Waals surface area (Å²) in [6.45, 7) is 8.83. The zero-order chi connectivity index (χ0) is 10.6. The van der Waals surface area contributed by atoms with Gasteiger partial charge in [0.2, 0.25) is 0 Å². The maximum atomic E-state index is 11.2. The van der Waals surface area contributed by atoms with Crippen molar-refractivity contribution in [2.75, 3.05) is 26.7 Å². The topological polar surface area (TPSA) is 29.5 Å². The lowest BCUT2D eigenvalue weighted by Gasteiger charge is -2.30. The molecule has 0 aliphatic carbocycles. The average molecular weight is 197 g/mol. The summed E-state index contributed by atoms with van der Waals surface area (Å²) < 4.78 is 4.73. The number of hydrogen-bond acceptors (Lipinski definition) is 3. The molecule has 14 heavy (non-hydrogen) atoms. The van der Waals surface area contributed by atoms with E-state index in [-0.39, 0.29) is 11.9 Å². The molecule has 0 saturated carbocycles. The summed E-state index contributed by atoms with van der Waals surface area (Å²) in [6.07, 6.45) is 1.83. The molecule has 0 aromatic heterocycles. The monoisotopic (exact) mass is 197 g/mol. The molecule has 3 heteroatoms. The smallest absolute Gasteiger partial charge is 0.308 e. The van der Waals surface area contributed by atoms with Crippen LogP contribution in [-0.4, -0.2) is 37.6 Å². The van der Waals surface area contributed by atoms with Crippen LogP contribution in [0.2, 0.25) is 0 Å². The van der Waals surface area contributed by atoms with Gasteiger partial charge in [-0.25, -0.2) is 0 Å². The molecular formula is C11H19NO2. The Hall–Kier alpha value is -0.830. The largest absolute Gasteiger partial charge is 0.469 e. The van der Waals surface area contributed by atoms with E-state index in [1.54, 1.807) is 0 Å². The zero-order valence-corrected chi connectivity index (χ0v) is 9.08. The number of hydrogen-bond donors (Lipinski definition) is 0. The van der Waals surface area contributed by atoms with Crippen molar-refractivity contribution in [3.05, 3.63) is 12.2 Å². The Morgan fingerprint density at radius 1 is 1.50 bits per heavy atom. The molecule has 0 bridgehead atoms. The maximum absolute atomic E-state index is 11.2. The number of carbonyl (C=O) groups is 1. The van der Waals surface area contributed by atoms with Crippen molar-refractivity contribution in [2.45, 2.75) is 19.8 Å². The number of likely N-dealkylation sites (tertiary alicyclic amines) is 1. The Labute approximate surface area is 85.7 Å². The Bertz CT molecular complexity index is 217. The highest BCUT2D eigenvalue weighted by Crippen LogP contribution is 2.18. The van der Waals surface area contributed by atoms with Crippen LogP contribution in [0.1, 0.15) is 19.8 Å². The van der Waals surface area contributed by atoms with E-state index in [1.807, 2.05) is 6.92 Å². The quantitative estimate of drug-likeness (QED) is 0.506. The number of esters is 1. The second kappa shape index (κ2) is 5.15. The molecule has 0 amide bonds. The van der Waals surface area contributed by atoms with Crippen molar-refractivity contribution in [1.29, 1.82) is 0 Å². The summed E-state index contributed by atoms with van der Waals surface area (Å²) in [5.41, 5.74) is 1.18. The van der Waals surface area contributed by atoms with Crippen molar-refractivity contribution in [3.63, 3.8) is 0 Å². The van der Waals surface area contributed by atoms with Gasteiger partial charge in [0.05, 0.1) is 13.0 Å². The second-order valence-electron chi connectivity index (χ2n) is 4.03. The molecule has 1 saturated heterocycles. The lowest BCUT2D eigenvalue weighted by atomic mass is 9.97. The summed E-state index contributed by atoms with van der Waals surface area (Å²) in [7, 11) is 1.46. The third-order valence-corrected chi connectivity index (χ3v) is 2.62. The fourth-order valence-electron chi connectivity index (χ4n) is 1.88. The minimum atomic E-state index is -0.0556. The van der Waals surface area contributed by atoms with Gasteiger partial charge in [-0.2, -0.15) is 0 Å². The second-order valence-corrected chi connectivity index (χ2v) is 4.03. The zero-order valence-electron chi connectivity index (χ0n) is 9.08. The molecule has 3 nitrogen and oxygen atoms in total. The van der Waals surface area contributed by atoms with E-state index in [0.717, 1.165) is 32.5 Å². The predicted octanol–water partition coefficient (Wildman–Crippen LogP) is 1.45. The predicted molar refractivity (Wildman–Crippen MR) is 56.0 cm³/mol. The van der Waals surface area contributed by atoms with Gasteiger partial charge in [-0.3, -0.25) is 9.69 Å². The van der Waals surface area contributed by atoms with Crippen LogP contribution in [0.3, 0.4) is 0 Å². The highest BCUT2D eigenvalue weighted by Gasteiger charge is 2.25. The van der Waals surface area contributed by atoms with Gasteiger partial charge in [-0.1, -0.05) is 12.2 Å². The summed E-state index contributed by atoms with van der Waals surface area (Å²) in [5.74, 6) is 0.0568. The van der Waals surface area contributed by atoms with E-state index < -0.39 is 0 Å². The van der Waals surface area contributed by atoms with E-state index in [4.69, 9.17) is 4.74 Å². The molecule has 0 aromatic rings. The van der Waals surface area contributed by atoms with Gasteiger partial charge in [0.15, 0.2) is 0 Å². The van der Waals surface area contributed by atoms with Crippen molar-refractivity contribution in [3.8, 4) is 0 Å². The van der Waals surface area contributed by atoms with E-state index >= 15 is 0 Å². The highest BCUT2D eigenvalue weighted by molar-refractivity contribution is 5.72. The van der Waals surface area contributed by atoms with Gasteiger partial charge in [0, 0.05) is 6.54 Å². The molecule has 1 heterocycles. The lowest BCUT2D eigenvalue weighted by Crippen LogP contribution is -2.37. The minimum absolute atomic E-state index is 0.0556. The third kappa shape index (κ3) is 3.14. The molecule has 1 fully saturated rings. The normalized spacial score (nSPS) is 19.3. The number of rotatable bonds is 3. The number of methoxy groups -OCH3 is 1. The van der Waals surface area contributed by atoms with Crippen LogP contribution in [-0.2, 0) is 9.53 Å². The third-order valence-electron chi connectivity index (χ3n) is 2.62. The summed E-state index contributed by atoms with van der Waals surface area (Å²) in [4.78, 5) is 13.6. The van der Waals surface area contributed by atoms with Gasteiger partial charge in [0.25, 0.3) is 0 Å². The summed E-state index contributed by atoms with van der Waals surface area (Å²) >= 11 is 0. The van der Waals surface area contributed by atoms with Gasteiger partial charge >= 0.3 is 5.97 Å². The highest BCUT2D eigenvalue weighted by atomic mass is 16.5. The first-order chi connectivity index (χ1) is 6.63. The Kier molecular flexibility index (Phi) is 4.14. The van der Waals surface area contributed by atoms with Crippen LogP contribution in [0.4, 0.5) is 0 Å². The van der Waals surface area contributed by atoms with Crippen LogP contribution in [0.15, 0.2) is 12.2 Å². The molecule has 1 aliphatic rings. The van der Waals surface area contributed by atoms with Gasteiger partial charge in [0.1, 0.15) is 0 Å². The maximum Gasteiger partial charge on any atom is 0.308 e. The first-order valence-electron chi connectivity index (χ1n) is 5.08. The molecule has 1 rings (SSSR count). The molecular weight excluding hydrogens is 178 g/mol. The first-order valence-corrected chi connectivity index (χ1v) is 5.08. The van der Waals surface area contributed by atoms with Crippen LogP contribution in [0, 0.1) is 5.92 Å². The van der Waals surface area contributed by atoms with Crippen molar-refractivity contribution in [1.82, 2.24) is 4.90 Å². The van der Waals surface area contributed by atoms with Crippen LogP contribution in [0.25, 0.3) is 0 Å². The van der Waals surface area contributed by atoms with Crippen molar-refractivity contribution in [2.24, 2.45) is 5.92 Å². The lowest BCUT2D eigenvalue weighted by molar-refractivity contribution is -0.147. The molecule has 0 spiro atoms. The van der Waals surface area contributed by atoms with Crippen LogP contribution in [0.5, 0.6) is 0 Å². The molecule has 0 atom stereocenters. The van der Waals surface area contributed by atoms with E-state index in [9.17, 15) is 4.79 Å². The molecule has 1 aliphatic heterocycles. The number of piperidine rings is 1. The van der Waals surface area contributed by atoms with Crippen LogP contribution >= 0.6 is 0 Å². The number of nitrogens with zero attached hydrogens (tertiary/aromatic N) is 1. The molecule has 0 N–H and O–H groups in total. The standard InChI is InChI=1S/C11H19NO2/c1-9(2)8-12-6-4-10(5-7-12)11(13)14-3/h10H,1,4-8H2,2-3H3. The van der Waals surface area contributed by atoms with Crippen LogP contribution < -0.4 is 0 Å². The first kappa shape index (κ1) is 11.2. The summed E-state index contributed by atoms with van der Waals surface area (Å²) in [6, 6.07) is 0. The van der Waals surface area contributed by atoms with E-state index in [1.165, 1.54) is 12.7 Å². The fraction of sp³-hybridized carbons (Fsp3) is 0.727. The van der Waals surface area contributed by atoms with Crippen molar-refractivity contribution >= 4 is 5.97 Å². The van der Waals surface area contributed by atoms with Gasteiger partial charge < -0.3 is 4.74 Å². The van der Waals surface area contributed by atoms with E-state index in [2.05, 4.69) is 11.5 Å². The minimum Gasteiger partial charge on any atom is -0.469 e. The fourth-order valence-corrected chi connectivity index (χ4v) is 1.88. The van der Waals surface area contributed by atoms with Gasteiger partial charge in [-0.05, 0) is 32.9 Å². The molecule has 0 unspecified atom stereocenters. The molecule has 80 valence electrons. The molecule has 0 radical (unpaired) electrons. The van der Waals surface area contributed by atoms with E-state index in [0.29, 0.717) is 0 Å². The average Bonchev–Trinajstić information content (AvgIpc) is 2.17. The SMILES string of the molecule is C=C(C)CN1CCC(C(=O)OC)CC1. The van der Waals surface area contributed by atoms with Crippen molar-refractivity contribution < 1.29 is 9.53 Å². The van der Waals surface area contributed by atoms with Gasteiger partial charge in [-0.15, -0.1) is 0 Å². The Morgan fingerprint density at radius 2 is 2.07 bits per heavy atom. The Morgan fingerprint density at radius 3 is 2.50 bits per heavy atom. The summed E-state index contributed by atoms with van der Waals surface area (Å²) in [5, 5.41) is 0. The number of ether oxygens (including phenoxy) is 1.